The van der Waals surface area contributed by atoms with Gasteiger partial charge in [0.2, 0.25) is 5.91 Å². The number of hydrogen-bond acceptors (Lipinski definition) is 1. The van der Waals surface area contributed by atoms with Gasteiger partial charge in [-0.05, 0) is 18.2 Å². The second kappa shape index (κ2) is 3.76. The quantitative estimate of drug-likeness (QED) is 0.681. The van der Waals surface area contributed by atoms with Crippen molar-refractivity contribution in [1.82, 2.24) is 0 Å². The van der Waals surface area contributed by atoms with Gasteiger partial charge in [-0.15, -0.1) is 0 Å². The van der Waals surface area contributed by atoms with E-state index in [1.54, 1.807) is 12.1 Å². The molecule has 0 aliphatic carbocycles. The van der Waals surface area contributed by atoms with Crippen LogP contribution in [0.25, 0.3) is 0 Å². The third-order valence-electron chi connectivity index (χ3n) is 1.32. The summed E-state index contributed by atoms with van der Waals surface area (Å²) in [7, 11) is 0. The van der Waals surface area contributed by atoms with Crippen LogP contribution in [-0.2, 0) is 4.79 Å². The van der Waals surface area contributed by atoms with E-state index >= 15 is 0 Å². The molecule has 1 N–H and O–H groups in total. The van der Waals surface area contributed by atoms with Gasteiger partial charge in [-0.3, -0.25) is 4.79 Å². The van der Waals surface area contributed by atoms with Crippen molar-refractivity contribution in [2.45, 2.75) is 13.3 Å². The van der Waals surface area contributed by atoms with Crippen LogP contribution >= 0.6 is 0 Å². The predicted octanol–water partition coefficient (Wildman–Crippen LogP) is 1.84. The number of carbonyl (C=O) groups excluding carboxylic acids is 1. The van der Waals surface area contributed by atoms with Gasteiger partial charge in [-0.25, -0.2) is 0 Å². The highest BCUT2D eigenvalue weighted by molar-refractivity contribution is 5.90. The first-order chi connectivity index (χ1) is 5.33. The lowest BCUT2D eigenvalue weighted by atomic mass is 10.3. The van der Waals surface area contributed by atoms with Gasteiger partial charge in [0.1, 0.15) is 0 Å². The molecule has 0 aromatic heterocycles. The van der Waals surface area contributed by atoms with Crippen LogP contribution in [0, 0.1) is 6.07 Å². The van der Waals surface area contributed by atoms with Crippen LogP contribution in [0.4, 0.5) is 5.69 Å². The van der Waals surface area contributed by atoms with E-state index in [0.29, 0.717) is 6.42 Å². The molecule has 11 heavy (non-hydrogen) atoms. The van der Waals surface area contributed by atoms with Crippen molar-refractivity contribution in [2.75, 3.05) is 5.32 Å². The molecule has 1 aromatic carbocycles. The number of hydrogen-bond donors (Lipinski definition) is 1. The fraction of sp³-hybridized carbons (Fsp3) is 0.222. The van der Waals surface area contributed by atoms with Crippen LogP contribution in [0.3, 0.4) is 0 Å². The Hall–Kier alpha value is -1.31. The minimum Gasteiger partial charge on any atom is -0.326 e. The maximum absolute atomic E-state index is 10.9. The van der Waals surface area contributed by atoms with Crippen LogP contribution in [0.5, 0.6) is 0 Å². The monoisotopic (exact) mass is 148 g/mol. The van der Waals surface area contributed by atoms with Gasteiger partial charge in [0.05, 0.1) is 0 Å². The molecule has 0 saturated carbocycles. The second-order valence-corrected chi connectivity index (χ2v) is 2.19. The first-order valence-electron chi connectivity index (χ1n) is 3.59. The van der Waals surface area contributed by atoms with Gasteiger partial charge in [0.25, 0.3) is 0 Å². The maximum Gasteiger partial charge on any atom is 0.224 e. The van der Waals surface area contributed by atoms with Crippen molar-refractivity contribution in [3.8, 4) is 0 Å². The Labute approximate surface area is 66.2 Å². The Morgan fingerprint density at radius 2 is 2.18 bits per heavy atom. The molecule has 0 bridgehead atoms. The third kappa shape index (κ3) is 2.42. The second-order valence-electron chi connectivity index (χ2n) is 2.19. The number of rotatable bonds is 2. The Morgan fingerprint density at radius 1 is 1.55 bits per heavy atom. The Balaban J connectivity index is 2.58. The maximum atomic E-state index is 10.9. The summed E-state index contributed by atoms with van der Waals surface area (Å²) in [6.07, 6.45) is 0.513. The van der Waals surface area contributed by atoms with Crippen molar-refractivity contribution < 1.29 is 4.79 Å². The Bertz CT molecular complexity index is 231. The molecule has 0 unspecified atom stereocenters. The summed E-state index contributed by atoms with van der Waals surface area (Å²) in [6.45, 7) is 1.82. The lowest BCUT2D eigenvalue weighted by molar-refractivity contribution is -0.115. The van der Waals surface area contributed by atoms with Gasteiger partial charge in [0, 0.05) is 12.1 Å². The predicted molar refractivity (Wildman–Crippen MR) is 44.2 cm³/mol. The van der Waals surface area contributed by atoms with Crippen LogP contribution in [0.1, 0.15) is 13.3 Å². The molecule has 0 aliphatic heterocycles. The van der Waals surface area contributed by atoms with Crippen molar-refractivity contribution in [2.24, 2.45) is 0 Å². The summed E-state index contributed by atoms with van der Waals surface area (Å²) in [5, 5.41) is 2.73. The van der Waals surface area contributed by atoms with E-state index in [1.807, 2.05) is 19.1 Å². The number of anilines is 1. The van der Waals surface area contributed by atoms with Gasteiger partial charge < -0.3 is 5.32 Å². The number of benzene rings is 1. The topological polar surface area (TPSA) is 29.1 Å². The molecule has 0 fully saturated rings. The lowest BCUT2D eigenvalue weighted by Gasteiger charge is -2.00. The molecule has 1 amide bonds. The first-order valence-corrected chi connectivity index (χ1v) is 3.59. The summed E-state index contributed by atoms with van der Waals surface area (Å²) in [5.41, 5.74) is 0.829. The molecule has 1 aromatic rings. The average molecular weight is 148 g/mol. The van der Waals surface area contributed by atoms with E-state index < -0.39 is 0 Å². The molecule has 0 atom stereocenters. The van der Waals surface area contributed by atoms with Crippen molar-refractivity contribution in [1.29, 1.82) is 0 Å². The van der Waals surface area contributed by atoms with Crippen LogP contribution < -0.4 is 5.32 Å². The molecule has 0 aliphatic rings. The molecule has 1 radical (unpaired) electrons. The highest BCUT2D eigenvalue weighted by atomic mass is 16.1. The number of amides is 1. The smallest absolute Gasteiger partial charge is 0.224 e. The zero-order valence-corrected chi connectivity index (χ0v) is 6.42. The van der Waals surface area contributed by atoms with E-state index in [4.69, 9.17) is 0 Å². The fourth-order valence-corrected chi connectivity index (χ4v) is 0.720. The minimum absolute atomic E-state index is 0.0381. The molecule has 0 spiro atoms. The number of carbonyl (C=O) groups is 1. The highest BCUT2D eigenvalue weighted by Gasteiger charge is 1.95. The summed E-state index contributed by atoms with van der Waals surface area (Å²) in [4.78, 5) is 10.9. The Kier molecular flexibility index (Phi) is 2.66. The van der Waals surface area contributed by atoms with Gasteiger partial charge in [-0.2, -0.15) is 0 Å². The first kappa shape index (κ1) is 7.79. The van der Waals surface area contributed by atoms with E-state index in [0.717, 1.165) is 5.69 Å². The van der Waals surface area contributed by atoms with Gasteiger partial charge in [-0.1, -0.05) is 19.1 Å². The molecule has 2 nitrogen and oxygen atoms in total. The zero-order chi connectivity index (χ0) is 8.10. The molecular weight excluding hydrogens is 138 g/mol. The molecule has 1 rings (SSSR count). The van der Waals surface area contributed by atoms with Gasteiger partial charge >= 0.3 is 0 Å². The van der Waals surface area contributed by atoms with Crippen molar-refractivity contribution in [3.63, 3.8) is 0 Å². The third-order valence-corrected chi connectivity index (χ3v) is 1.32. The Morgan fingerprint density at radius 3 is 2.73 bits per heavy atom. The van der Waals surface area contributed by atoms with Crippen LogP contribution in [0.15, 0.2) is 24.3 Å². The van der Waals surface area contributed by atoms with Crippen LogP contribution in [-0.4, -0.2) is 5.91 Å². The van der Waals surface area contributed by atoms with E-state index in [-0.39, 0.29) is 5.91 Å². The summed E-state index contributed by atoms with van der Waals surface area (Å²) in [5.74, 6) is 0.0381. The van der Waals surface area contributed by atoms with Gasteiger partial charge in [0.15, 0.2) is 0 Å². The lowest BCUT2D eigenvalue weighted by Crippen LogP contribution is -2.08. The summed E-state index contributed by atoms with van der Waals surface area (Å²) < 4.78 is 0. The molecule has 0 saturated heterocycles. The normalized spacial score (nSPS) is 9.18. The van der Waals surface area contributed by atoms with Crippen molar-refractivity contribution in [3.05, 3.63) is 30.3 Å². The standard InChI is InChI=1S/C9H10NO/c1-2-9(11)10-8-6-4-3-5-7-8/h4-7H,2H2,1H3,(H,10,11). The molecular formula is C9H10NO. The van der Waals surface area contributed by atoms with E-state index in [2.05, 4.69) is 11.4 Å². The molecule has 2 heteroatoms. The highest BCUT2D eigenvalue weighted by Crippen LogP contribution is 2.04. The minimum atomic E-state index is 0.0381. The fourth-order valence-electron chi connectivity index (χ4n) is 0.720. The SMILES string of the molecule is CCC(=O)Nc1cc[c]cc1. The molecule has 0 heterocycles. The summed E-state index contributed by atoms with van der Waals surface area (Å²) in [6, 6.07) is 10.0. The van der Waals surface area contributed by atoms with E-state index in [1.165, 1.54) is 0 Å². The van der Waals surface area contributed by atoms with E-state index in [9.17, 15) is 4.79 Å². The average Bonchev–Trinajstić information content (AvgIpc) is 2.06. The largest absolute Gasteiger partial charge is 0.326 e. The van der Waals surface area contributed by atoms with Crippen LogP contribution in [0.2, 0.25) is 0 Å². The molecule has 57 valence electrons. The zero-order valence-electron chi connectivity index (χ0n) is 6.42. The summed E-state index contributed by atoms with van der Waals surface area (Å²) >= 11 is 0. The van der Waals surface area contributed by atoms with Crippen molar-refractivity contribution >= 4 is 11.6 Å². The number of nitrogens with one attached hydrogen (secondary N) is 1.